The van der Waals surface area contributed by atoms with Crippen LogP contribution in [0.3, 0.4) is 0 Å². The van der Waals surface area contributed by atoms with Gasteiger partial charge in [0.05, 0.1) is 12.0 Å². The van der Waals surface area contributed by atoms with E-state index in [-0.39, 0.29) is 11.8 Å². The van der Waals surface area contributed by atoms with Crippen molar-refractivity contribution in [3.05, 3.63) is 54.1 Å². The van der Waals surface area contributed by atoms with Crippen LogP contribution in [0.2, 0.25) is 0 Å². The maximum atomic E-state index is 11.7. The number of ketones is 1. The van der Waals surface area contributed by atoms with Crippen LogP contribution in [0.4, 0.5) is 0 Å². The smallest absolute Gasteiger partial charge is 0.157 e. The Kier molecular flexibility index (Phi) is 2.86. The Labute approximate surface area is 94.7 Å². The van der Waals surface area contributed by atoms with Crippen molar-refractivity contribution in [3.8, 4) is 0 Å². The van der Waals surface area contributed by atoms with Crippen LogP contribution in [0.25, 0.3) is 0 Å². The molecule has 1 heterocycles. The summed E-state index contributed by atoms with van der Waals surface area (Å²) in [5.41, 5.74) is 1.91. The molecule has 0 aliphatic carbocycles. The first-order valence-corrected chi connectivity index (χ1v) is 5.24. The topological polar surface area (TPSA) is 34.9 Å². The van der Waals surface area contributed by atoms with Crippen molar-refractivity contribution in [1.29, 1.82) is 0 Å². The fourth-order valence-electron chi connectivity index (χ4n) is 1.83. The lowest BCUT2D eigenvalue weighted by Gasteiger charge is -2.15. The van der Waals surface area contributed by atoms with E-state index in [9.17, 15) is 4.79 Å². The van der Waals surface area contributed by atoms with E-state index in [1.807, 2.05) is 48.0 Å². The van der Waals surface area contributed by atoms with Gasteiger partial charge in [-0.1, -0.05) is 30.3 Å². The number of aromatic nitrogens is 2. The number of benzene rings is 1. The van der Waals surface area contributed by atoms with E-state index in [4.69, 9.17) is 0 Å². The summed E-state index contributed by atoms with van der Waals surface area (Å²) in [4.78, 5) is 15.9. The van der Waals surface area contributed by atoms with Crippen molar-refractivity contribution in [3.63, 3.8) is 0 Å². The molecule has 0 aliphatic rings. The molecule has 3 heteroatoms. The van der Waals surface area contributed by atoms with Gasteiger partial charge < -0.3 is 4.57 Å². The molecule has 3 nitrogen and oxygen atoms in total. The van der Waals surface area contributed by atoms with E-state index < -0.39 is 0 Å². The molecule has 0 spiro atoms. The zero-order chi connectivity index (χ0) is 11.5. The van der Waals surface area contributed by atoms with Gasteiger partial charge in [-0.05, 0) is 19.4 Å². The third-order valence-corrected chi connectivity index (χ3v) is 2.53. The van der Waals surface area contributed by atoms with Gasteiger partial charge in [0.25, 0.3) is 0 Å². The number of nitrogens with zero attached hydrogens (tertiary/aromatic N) is 2. The summed E-state index contributed by atoms with van der Waals surface area (Å²) in [7, 11) is 0. The van der Waals surface area contributed by atoms with E-state index >= 15 is 0 Å². The standard InChI is InChI=1S/C13H14N2O/c1-10-8-15(9-14-10)13(11(2)16)12-6-4-3-5-7-12/h3-9,13H,1-2H3. The van der Waals surface area contributed by atoms with Gasteiger partial charge in [-0.25, -0.2) is 4.98 Å². The van der Waals surface area contributed by atoms with Gasteiger partial charge in [0.15, 0.2) is 5.78 Å². The van der Waals surface area contributed by atoms with E-state index in [2.05, 4.69) is 4.98 Å². The van der Waals surface area contributed by atoms with Crippen molar-refractivity contribution in [2.45, 2.75) is 19.9 Å². The SMILES string of the molecule is CC(=O)C(c1ccccc1)n1cnc(C)c1. The fraction of sp³-hybridized carbons (Fsp3) is 0.231. The summed E-state index contributed by atoms with van der Waals surface area (Å²) in [6.07, 6.45) is 3.59. The summed E-state index contributed by atoms with van der Waals surface area (Å²) in [6, 6.07) is 9.48. The molecule has 0 saturated carbocycles. The van der Waals surface area contributed by atoms with Gasteiger partial charge >= 0.3 is 0 Å². The first-order valence-electron chi connectivity index (χ1n) is 5.24. The number of carbonyl (C=O) groups is 1. The van der Waals surface area contributed by atoms with Crippen LogP contribution >= 0.6 is 0 Å². The fourth-order valence-corrected chi connectivity index (χ4v) is 1.83. The number of hydrogen-bond acceptors (Lipinski definition) is 2. The molecule has 1 aromatic heterocycles. The molecule has 0 aliphatic heterocycles. The largest absolute Gasteiger partial charge is 0.323 e. The Morgan fingerprint density at radius 2 is 2.00 bits per heavy atom. The highest BCUT2D eigenvalue weighted by molar-refractivity contribution is 5.83. The molecule has 0 N–H and O–H groups in total. The summed E-state index contributed by atoms with van der Waals surface area (Å²) in [5, 5.41) is 0. The molecule has 1 atom stereocenters. The van der Waals surface area contributed by atoms with Gasteiger partial charge in [-0.3, -0.25) is 4.79 Å². The third kappa shape index (κ3) is 2.03. The van der Waals surface area contributed by atoms with Crippen LogP contribution in [0.1, 0.15) is 24.2 Å². The van der Waals surface area contributed by atoms with Crippen LogP contribution < -0.4 is 0 Å². The van der Waals surface area contributed by atoms with Gasteiger partial charge in [-0.15, -0.1) is 0 Å². The summed E-state index contributed by atoms with van der Waals surface area (Å²) < 4.78 is 1.85. The molecule has 0 amide bonds. The lowest BCUT2D eigenvalue weighted by atomic mass is 10.0. The minimum atomic E-state index is -0.262. The predicted molar refractivity (Wildman–Crippen MR) is 62.2 cm³/mol. The Hall–Kier alpha value is -1.90. The number of aryl methyl sites for hydroxylation is 1. The first kappa shape index (κ1) is 10.6. The molecule has 0 fully saturated rings. The maximum Gasteiger partial charge on any atom is 0.157 e. The number of carbonyl (C=O) groups excluding carboxylic acids is 1. The molecular weight excluding hydrogens is 200 g/mol. The summed E-state index contributed by atoms with van der Waals surface area (Å²) in [5.74, 6) is 0.114. The molecule has 2 rings (SSSR count). The number of Topliss-reactive ketones (excluding diaryl/α,β-unsaturated/α-hetero) is 1. The Bertz CT molecular complexity index is 488. The van der Waals surface area contributed by atoms with E-state index in [0.29, 0.717) is 0 Å². The van der Waals surface area contributed by atoms with Gasteiger partial charge in [0.1, 0.15) is 6.04 Å². The third-order valence-electron chi connectivity index (χ3n) is 2.53. The Balaban J connectivity index is 2.43. The molecule has 1 aromatic carbocycles. The van der Waals surface area contributed by atoms with Crippen LogP contribution in [0.5, 0.6) is 0 Å². The lowest BCUT2D eigenvalue weighted by molar-refractivity contribution is -0.119. The average Bonchev–Trinajstić information content (AvgIpc) is 2.66. The molecule has 0 bridgehead atoms. The maximum absolute atomic E-state index is 11.7. The number of rotatable bonds is 3. The first-order chi connectivity index (χ1) is 7.68. The predicted octanol–water partition coefficient (Wildman–Crippen LogP) is 2.37. The van der Waals surface area contributed by atoms with Gasteiger partial charge in [0, 0.05) is 6.20 Å². The average molecular weight is 214 g/mol. The molecule has 1 unspecified atom stereocenters. The highest BCUT2D eigenvalue weighted by Crippen LogP contribution is 2.19. The highest BCUT2D eigenvalue weighted by atomic mass is 16.1. The van der Waals surface area contributed by atoms with Crippen LogP contribution in [-0.4, -0.2) is 15.3 Å². The van der Waals surface area contributed by atoms with E-state index in [1.165, 1.54) is 0 Å². The van der Waals surface area contributed by atoms with Crippen molar-refractivity contribution in [1.82, 2.24) is 9.55 Å². The second-order valence-electron chi connectivity index (χ2n) is 3.89. The highest BCUT2D eigenvalue weighted by Gasteiger charge is 2.17. The summed E-state index contributed by atoms with van der Waals surface area (Å²) >= 11 is 0. The quantitative estimate of drug-likeness (QED) is 0.786. The molecule has 82 valence electrons. The van der Waals surface area contributed by atoms with Crippen molar-refractivity contribution < 1.29 is 4.79 Å². The monoisotopic (exact) mass is 214 g/mol. The summed E-state index contributed by atoms with van der Waals surface area (Å²) in [6.45, 7) is 3.52. The van der Waals surface area contributed by atoms with Gasteiger partial charge in [-0.2, -0.15) is 0 Å². The second kappa shape index (κ2) is 4.31. The van der Waals surface area contributed by atoms with Crippen LogP contribution in [0, 0.1) is 6.92 Å². The van der Waals surface area contributed by atoms with Crippen LogP contribution in [0.15, 0.2) is 42.9 Å². The second-order valence-corrected chi connectivity index (χ2v) is 3.89. The zero-order valence-electron chi connectivity index (χ0n) is 9.42. The molecule has 16 heavy (non-hydrogen) atoms. The number of hydrogen-bond donors (Lipinski definition) is 0. The molecule has 0 radical (unpaired) electrons. The van der Waals surface area contributed by atoms with E-state index in [0.717, 1.165) is 11.3 Å². The number of imidazole rings is 1. The zero-order valence-corrected chi connectivity index (χ0v) is 9.42. The molecule has 0 saturated heterocycles. The lowest BCUT2D eigenvalue weighted by Crippen LogP contribution is -2.16. The molecule has 2 aromatic rings. The van der Waals surface area contributed by atoms with Crippen molar-refractivity contribution in [2.75, 3.05) is 0 Å². The minimum Gasteiger partial charge on any atom is -0.323 e. The van der Waals surface area contributed by atoms with E-state index in [1.54, 1.807) is 13.3 Å². The minimum absolute atomic E-state index is 0.114. The molecular formula is C13H14N2O. The Morgan fingerprint density at radius 1 is 1.31 bits per heavy atom. The normalized spacial score (nSPS) is 12.4. The van der Waals surface area contributed by atoms with Crippen LogP contribution in [-0.2, 0) is 4.79 Å². The Morgan fingerprint density at radius 3 is 2.50 bits per heavy atom. The van der Waals surface area contributed by atoms with Crippen molar-refractivity contribution >= 4 is 5.78 Å². The van der Waals surface area contributed by atoms with Gasteiger partial charge in [0.2, 0.25) is 0 Å². The van der Waals surface area contributed by atoms with Crippen molar-refractivity contribution in [2.24, 2.45) is 0 Å².